The van der Waals surface area contributed by atoms with Gasteiger partial charge in [-0.05, 0) is 46.3 Å². The third-order valence-electron chi connectivity index (χ3n) is 3.15. The first kappa shape index (κ1) is 17.6. The highest BCUT2D eigenvalue weighted by molar-refractivity contribution is 7.59. The third-order valence-corrected chi connectivity index (χ3v) is 5.24. The summed E-state index contributed by atoms with van der Waals surface area (Å²) < 4.78 is 5.67. The molecule has 0 fully saturated rings. The lowest BCUT2D eigenvalue weighted by molar-refractivity contribution is 0.108. The number of nitriles is 1. The first-order valence-corrected chi connectivity index (χ1v) is 9.64. The van der Waals surface area contributed by atoms with E-state index in [2.05, 4.69) is 24.9 Å². The molecule has 0 saturated carbocycles. The fourth-order valence-corrected chi connectivity index (χ4v) is 3.75. The number of thiazole rings is 1. The van der Waals surface area contributed by atoms with Crippen LogP contribution in [0.4, 0.5) is 0 Å². The van der Waals surface area contributed by atoms with Crippen molar-refractivity contribution in [3.8, 4) is 22.4 Å². The van der Waals surface area contributed by atoms with Crippen LogP contribution in [0.5, 0.6) is 5.75 Å². The summed E-state index contributed by atoms with van der Waals surface area (Å²) in [5.74, 6) is 0.982. The number of carbonyl (C=O) groups is 1. The quantitative estimate of drug-likeness (QED) is 0.724. The van der Waals surface area contributed by atoms with Crippen molar-refractivity contribution in [1.29, 1.82) is 5.26 Å². The van der Waals surface area contributed by atoms with Gasteiger partial charge in [0.1, 0.15) is 16.8 Å². The summed E-state index contributed by atoms with van der Waals surface area (Å²) in [6, 6.07) is 7.63. The van der Waals surface area contributed by atoms with E-state index >= 15 is 0 Å². The van der Waals surface area contributed by atoms with E-state index < -0.39 is 0 Å². The SMILES string of the molecule is CPC(=O)c1sc(-c2ccc(OCC(C)C)c(C#N)c2)nc1C. The molecule has 1 aromatic heterocycles. The van der Waals surface area contributed by atoms with E-state index in [0.717, 1.165) is 16.3 Å². The van der Waals surface area contributed by atoms with E-state index in [1.165, 1.54) is 11.3 Å². The number of aromatic nitrogens is 1. The highest BCUT2D eigenvalue weighted by atomic mass is 32.1. The number of nitrogens with zero attached hydrogens (tertiary/aromatic N) is 2. The highest BCUT2D eigenvalue weighted by Gasteiger charge is 2.16. The Morgan fingerprint density at radius 1 is 1.48 bits per heavy atom. The molecule has 2 aromatic rings. The van der Waals surface area contributed by atoms with Crippen LogP contribution >= 0.6 is 19.9 Å². The Morgan fingerprint density at radius 3 is 2.83 bits per heavy atom. The number of benzene rings is 1. The summed E-state index contributed by atoms with van der Waals surface area (Å²) in [7, 11) is 0.229. The van der Waals surface area contributed by atoms with Gasteiger partial charge in [0.2, 0.25) is 0 Å². The zero-order valence-corrected chi connectivity index (χ0v) is 15.5. The minimum absolute atomic E-state index is 0.128. The second-order valence-corrected chi connectivity index (χ2v) is 7.49. The van der Waals surface area contributed by atoms with Crippen LogP contribution in [0.15, 0.2) is 18.2 Å². The average Bonchev–Trinajstić information content (AvgIpc) is 2.93. The molecular formula is C17H19N2O2PS. The minimum atomic E-state index is 0.128. The number of ether oxygens (including phenoxy) is 1. The van der Waals surface area contributed by atoms with E-state index in [1.807, 2.05) is 19.7 Å². The minimum Gasteiger partial charge on any atom is -0.492 e. The summed E-state index contributed by atoms with van der Waals surface area (Å²) in [6.07, 6.45) is 0. The Hall–Kier alpha value is -1.76. The number of aryl methyl sites for hydroxylation is 1. The maximum absolute atomic E-state index is 11.9. The first-order valence-electron chi connectivity index (χ1n) is 7.33. The molecule has 2 rings (SSSR count). The van der Waals surface area contributed by atoms with Crippen LogP contribution in [0.25, 0.3) is 10.6 Å². The van der Waals surface area contributed by atoms with Crippen LogP contribution in [0.1, 0.15) is 34.8 Å². The molecule has 0 bridgehead atoms. The van der Waals surface area contributed by atoms with Gasteiger partial charge in [0, 0.05) is 5.56 Å². The molecule has 0 spiro atoms. The van der Waals surface area contributed by atoms with Crippen molar-refractivity contribution < 1.29 is 9.53 Å². The van der Waals surface area contributed by atoms with Crippen LogP contribution in [0, 0.1) is 24.2 Å². The predicted octanol–water partition coefficient (Wildman–Crippen LogP) is 4.47. The molecule has 4 nitrogen and oxygen atoms in total. The highest BCUT2D eigenvalue weighted by Crippen LogP contribution is 2.33. The standard InChI is InChI=1S/C17H19N2O2PS/c1-10(2)9-21-14-6-5-12(7-13(14)8-18)16-19-11(3)15(23-16)17(20)22-4/h5-7,10,22H,9H2,1-4H3. The normalized spacial score (nSPS) is 11.1. The van der Waals surface area contributed by atoms with Gasteiger partial charge in [-0.3, -0.25) is 4.79 Å². The Morgan fingerprint density at radius 2 is 2.22 bits per heavy atom. The van der Waals surface area contributed by atoms with Crippen molar-refractivity contribution in [2.24, 2.45) is 5.92 Å². The molecule has 0 amide bonds. The van der Waals surface area contributed by atoms with Gasteiger partial charge in [-0.2, -0.15) is 5.26 Å². The lowest BCUT2D eigenvalue weighted by Gasteiger charge is -2.10. The Bertz CT molecular complexity index is 762. The number of hydrogen-bond acceptors (Lipinski definition) is 5. The molecule has 0 saturated heterocycles. The van der Waals surface area contributed by atoms with Crippen molar-refractivity contribution in [1.82, 2.24) is 4.98 Å². The topological polar surface area (TPSA) is 63.0 Å². The molecule has 120 valence electrons. The van der Waals surface area contributed by atoms with E-state index in [0.29, 0.717) is 28.7 Å². The van der Waals surface area contributed by atoms with Gasteiger partial charge in [0.15, 0.2) is 5.52 Å². The molecular weight excluding hydrogens is 327 g/mol. The lowest BCUT2D eigenvalue weighted by atomic mass is 10.1. The summed E-state index contributed by atoms with van der Waals surface area (Å²) in [6.45, 7) is 8.41. The van der Waals surface area contributed by atoms with E-state index in [4.69, 9.17) is 4.74 Å². The lowest BCUT2D eigenvalue weighted by Crippen LogP contribution is -2.05. The molecule has 0 aliphatic carbocycles. The fourth-order valence-electron chi connectivity index (χ4n) is 1.98. The van der Waals surface area contributed by atoms with Crippen molar-refractivity contribution in [3.63, 3.8) is 0 Å². The molecule has 1 heterocycles. The summed E-state index contributed by atoms with van der Waals surface area (Å²) >= 11 is 1.38. The molecule has 0 N–H and O–H groups in total. The number of carbonyl (C=O) groups excluding carboxylic acids is 1. The molecule has 1 unspecified atom stereocenters. The Kier molecular flexibility index (Phi) is 5.87. The molecule has 0 aliphatic heterocycles. The van der Waals surface area contributed by atoms with Gasteiger partial charge >= 0.3 is 0 Å². The Labute approximate surface area is 142 Å². The van der Waals surface area contributed by atoms with Crippen molar-refractivity contribution in [2.75, 3.05) is 13.3 Å². The fraction of sp³-hybridized carbons (Fsp3) is 0.353. The van der Waals surface area contributed by atoms with E-state index in [-0.39, 0.29) is 14.1 Å². The van der Waals surface area contributed by atoms with Crippen molar-refractivity contribution >= 4 is 25.4 Å². The van der Waals surface area contributed by atoms with E-state index in [1.54, 1.807) is 12.1 Å². The van der Waals surface area contributed by atoms with Crippen LogP contribution in [0.3, 0.4) is 0 Å². The smallest absolute Gasteiger partial charge is 0.192 e. The molecule has 0 radical (unpaired) electrons. The van der Waals surface area contributed by atoms with Crippen LogP contribution in [0.2, 0.25) is 0 Å². The molecule has 1 aromatic carbocycles. The largest absolute Gasteiger partial charge is 0.492 e. The molecule has 23 heavy (non-hydrogen) atoms. The van der Waals surface area contributed by atoms with Crippen molar-refractivity contribution in [3.05, 3.63) is 34.3 Å². The Balaban J connectivity index is 2.34. The maximum atomic E-state index is 11.9. The van der Waals surface area contributed by atoms with Crippen LogP contribution < -0.4 is 4.74 Å². The summed E-state index contributed by atoms with van der Waals surface area (Å²) in [5, 5.41) is 10.1. The van der Waals surface area contributed by atoms with Gasteiger partial charge in [-0.15, -0.1) is 11.3 Å². The monoisotopic (exact) mass is 346 g/mol. The van der Waals surface area contributed by atoms with E-state index in [9.17, 15) is 10.1 Å². The average molecular weight is 346 g/mol. The molecule has 6 heteroatoms. The second kappa shape index (κ2) is 7.68. The molecule has 1 atom stereocenters. The number of hydrogen-bond donors (Lipinski definition) is 0. The van der Waals surface area contributed by atoms with Crippen molar-refractivity contribution in [2.45, 2.75) is 20.8 Å². The summed E-state index contributed by atoms with van der Waals surface area (Å²) in [4.78, 5) is 17.1. The summed E-state index contributed by atoms with van der Waals surface area (Å²) in [5.41, 5.74) is 2.21. The maximum Gasteiger partial charge on any atom is 0.192 e. The zero-order valence-electron chi connectivity index (χ0n) is 13.6. The molecule has 0 aliphatic rings. The van der Waals surface area contributed by atoms with Gasteiger partial charge in [0.05, 0.1) is 22.7 Å². The second-order valence-electron chi connectivity index (χ2n) is 5.54. The zero-order chi connectivity index (χ0) is 17.0. The number of rotatable bonds is 6. The van der Waals surface area contributed by atoms with Crippen LogP contribution in [-0.4, -0.2) is 23.8 Å². The predicted molar refractivity (Wildman–Crippen MR) is 95.9 cm³/mol. The third kappa shape index (κ3) is 4.16. The van der Waals surface area contributed by atoms with Gasteiger partial charge < -0.3 is 4.74 Å². The first-order chi connectivity index (χ1) is 11.0. The van der Waals surface area contributed by atoms with Gasteiger partial charge in [-0.1, -0.05) is 13.8 Å². The van der Waals surface area contributed by atoms with Crippen LogP contribution in [-0.2, 0) is 0 Å². The van der Waals surface area contributed by atoms with Gasteiger partial charge in [-0.25, -0.2) is 4.98 Å². The van der Waals surface area contributed by atoms with Gasteiger partial charge in [0.25, 0.3) is 0 Å².